The molecule has 0 spiro atoms. The van der Waals surface area contributed by atoms with Crippen LogP contribution in [0.5, 0.6) is 0 Å². The first-order valence-electron chi connectivity index (χ1n) is 4.69. The number of hydrogen-bond donors (Lipinski definition) is 0. The number of rotatable bonds is 2. The molecule has 3 heteroatoms. The number of hydrogen-bond acceptors (Lipinski definition) is 3. The van der Waals surface area contributed by atoms with Gasteiger partial charge >= 0.3 is 0 Å². The molecule has 0 aromatic carbocycles. The minimum Gasteiger partial charge on any atom is -0.349 e. The van der Waals surface area contributed by atoms with Crippen LogP contribution in [0.4, 0.5) is 0 Å². The summed E-state index contributed by atoms with van der Waals surface area (Å²) in [5, 5.41) is 1.65. The summed E-state index contributed by atoms with van der Waals surface area (Å²) in [5.74, 6) is 0. The van der Waals surface area contributed by atoms with Crippen molar-refractivity contribution >= 4 is 0 Å². The Bertz CT molecular complexity index is 304. The van der Waals surface area contributed by atoms with Gasteiger partial charge in [-0.3, -0.25) is 4.84 Å². The Labute approximate surface area is 84.2 Å². The fourth-order valence-electron chi connectivity index (χ4n) is 1.78. The number of hydroxylamine groups is 2. The predicted octanol–water partition coefficient (Wildman–Crippen LogP) is 2.16. The van der Waals surface area contributed by atoms with Gasteiger partial charge in [0.15, 0.2) is 0 Å². The van der Waals surface area contributed by atoms with Gasteiger partial charge in [-0.15, -0.1) is 0 Å². The molecular formula is C11H14NO2. The van der Waals surface area contributed by atoms with Crippen molar-refractivity contribution in [2.24, 2.45) is 0 Å². The van der Waals surface area contributed by atoms with E-state index >= 15 is 0 Å². The third kappa shape index (κ3) is 1.49. The van der Waals surface area contributed by atoms with Crippen molar-refractivity contribution in [2.45, 2.75) is 12.8 Å². The molecule has 0 saturated carbocycles. The van der Waals surface area contributed by atoms with E-state index in [2.05, 4.69) is 12.2 Å². The molecule has 1 aliphatic carbocycles. The van der Waals surface area contributed by atoms with Crippen LogP contribution in [0.2, 0.25) is 0 Å². The molecule has 1 radical (unpaired) electrons. The van der Waals surface area contributed by atoms with Crippen molar-refractivity contribution in [3.05, 3.63) is 41.8 Å². The van der Waals surface area contributed by atoms with Crippen molar-refractivity contribution in [1.82, 2.24) is 5.06 Å². The quantitative estimate of drug-likeness (QED) is 0.669. The Morgan fingerprint density at radius 1 is 1.29 bits per heavy atom. The zero-order chi connectivity index (χ0) is 9.97. The lowest BCUT2D eigenvalue weighted by atomic mass is 9.94. The zero-order valence-electron chi connectivity index (χ0n) is 8.49. The smallest absolute Gasteiger partial charge is 0.241 e. The lowest BCUT2D eigenvalue weighted by Gasteiger charge is -2.32. The fraction of sp³-hybridized carbons (Fsp3) is 0.364. The van der Waals surface area contributed by atoms with Crippen LogP contribution in [0.15, 0.2) is 35.6 Å². The number of allylic oxidation sites excluding steroid dienone is 4. The minimum atomic E-state index is 0.800. The fourth-order valence-corrected chi connectivity index (χ4v) is 1.78. The summed E-state index contributed by atoms with van der Waals surface area (Å²) < 4.78 is 5.34. The van der Waals surface area contributed by atoms with Crippen LogP contribution in [0.1, 0.15) is 12.8 Å². The van der Waals surface area contributed by atoms with Gasteiger partial charge in [-0.25, -0.2) is 5.06 Å². The molecule has 14 heavy (non-hydrogen) atoms. The second-order valence-electron chi connectivity index (χ2n) is 3.21. The third-order valence-corrected chi connectivity index (χ3v) is 2.44. The largest absolute Gasteiger partial charge is 0.349 e. The van der Waals surface area contributed by atoms with E-state index in [9.17, 15) is 0 Å². The van der Waals surface area contributed by atoms with Crippen LogP contribution in [0.3, 0.4) is 0 Å². The van der Waals surface area contributed by atoms with Crippen LogP contribution in [-0.2, 0) is 9.57 Å². The number of methoxy groups -OCH3 is 1. The summed E-state index contributed by atoms with van der Waals surface area (Å²) >= 11 is 0. The molecule has 2 rings (SSSR count). The van der Waals surface area contributed by atoms with Crippen LogP contribution in [-0.4, -0.2) is 19.3 Å². The first-order chi connectivity index (χ1) is 6.86. The van der Waals surface area contributed by atoms with E-state index in [0.29, 0.717) is 0 Å². The van der Waals surface area contributed by atoms with Crippen molar-refractivity contribution < 1.29 is 9.57 Å². The standard InChI is InChI=1S/C11H14NO2/c1-13-11-10-6-4-3-5-9(10)7-8-12(11)14-2/h3,5,7-8H,4,6H2,1-2H3. The molecule has 0 N–H and O–H groups in total. The summed E-state index contributed by atoms with van der Waals surface area (Å²) in [6.45, 7) is 0. The first-order valence-corrected chi connectivity index (χ1v) is 4.69. The van der Waals surface area contributed by atoms with Gasteiger partial charge in [0.25, 0.3) is 0 Å². The number of nitrogens with zero attached hydrogens (tertiary/aromatic N) is 1. The maximum Gasteiger partial charge on any atom is 0.241 e. The highest BCUT2D eigenvalue weighted by Gasteiger charge is 2.27. The van der Waals surface area contributed by atoms with Gasteiger partial charge in [-0.1, -0.05) is 12.2 Å². The van der Waals surface area contributed by atoms with Gasteiger partial charge < -0.3 is 4.74 Å². The summed E-state index contributed by atoms with van der Waals surface area (Å²) in [6, 6.07) is 0. The second kappa shape index (κ2) is 3.98. The average Bonchev–Trinajstić information content (AvgIpc) is 2.27. The van der Waals surface area contributed by atoms with E-state index in [1.54, 1.807) is 19.3 Å². The monoisotopic (exact) mass is 192 g/mol. The van der Waals surface area contributed by atoms with Gasteiger partial charge in [-0.05, 0) is 30.1 Å². The highest BCUT2D eigenvalue weighted by atomic mass is 16.7. The average molecular weight is 192 g/mol. The van der Waals surface area contributed by atoms with Crippen molar-refractivity contribution in [3.8, 4) is 0 Å². The predicted molar refractivity (Wildman–Crippen MR) is 53.6 cm³/mol. The highest BCUT2D eigenvalue weighted by Crippen LogP contribution is 2.34. The molecule has 2 aliphatic rings. The van der Waals surface area contributed by atoms with Gasteiger partial charge in [0.2, 0.25) is 6.23 Å². The summed E-state index contributed by atoms with van der Waals surface area (Å²) in [6.07, 6.45) is 11.1. The Balaban J connectivity index is 2.29. The molecule has 0 atom stereocenters. The summed E-state index contributed by atoms with van der Waals surface area (Å²) in [7, 11) is 3.30. The van der Waals surface area contributed by atoms with E-state index in [1.807, 2.05) is 12.3 Å². The van der Waals surface area contributed by atoms with Crippen molar-refractivity contribution in [2.75, 3.05) is 14.2 Å². The summed E-state index contributed by atoms with van der Waals surface area (Å²) in [4.78, 5) is 5.17. The molecular weight excluding hydrogens is 178 g/mol. The van der Waals surface area contributed by atoms with E-state index in [0.717, 1.165) is 19.1 Å². The van der Waals surface area contributed by atoms with E-state index in [4.69, 9.17) is 9.57 Å². The van der Waals surface area contributed by atoms with Gasteiger partial charge in [0.05, 0.1) is 7.11 Å². The molecule has 1 aliphatic heterocycles. The van der Waals surface area contributed by atoms with Gasteiger partial charge in [0, 0.05) is 13.3 Å². The molecule has 3 nitrogen and oxygen atoms in total. The first kappa shape index (κ1) is 9.49. The summed E-state index contributed by atoms with van der Waals surface area (Å²) in [5.41, 5.74) is 2.45. The lowest BCUT2D eigenvalue weighted by Crippen LogP contribution is -2.29. The Hall–Kier alpha value is -1.06. The molecule has 0 bridgehead atoms. The third-order valence-electron chi connectivity index (χ3n) is 2.44. The topological polar surface area (TPSA) is 21.7 Å². The molecule has 0 amide bonds. The molecule has 0 aromatic rings. The van der Waals surface area contributed by atoms with Gasteiger partial charge in [-0.2, -0.15) is 0 Å². The number of ether oxygens (including phenoxy) is 1. The van der Waals surface area contributed by atoms with Crippen molar-refractivity contribution in [3.63, 3.8) is 0 Å². The van der Waals surface area contributed by atoms with E-state index in [-0.39, 0.29) is 0 Å². The Kier molecular flexibility index (Phi) is 2.70. The van der Waals surface area contributed by atoms with Crippen molar-refractivity contribution in [1.29, 1.82) is 0 Å². The van der Waals surface area contributed by atoms with E-state index < -0.39 is 0 Å². The van der Waals surface area contributed by atoms with Crippen LogP contribution < -0.4 is 0 Å². The lowest BCUT2D eigenvalue weighted by molar-refractivity contribution is -0.130. The van der Waals surface area contributed by atoms with Crippen LogP contribution >= 0.6 is 0 Å². The minimum absolute atomic E-state index is 0.800. The maximum atomic E-state index is 5.34. The second-order valence-corrected chi connectivity index (χ2v) is 3.21. The maximum absolute atomic E-state index is 5.34. The Morgan fingerprint density at radius 3 is 2.86 bits per heavy atom. The molecule has 0 fully saturated rings. The molecule has 75 valence electrons. The van der Waals surface area contributed by atoms with E-state index in [1.165, 1.54) is 11.1 Å². The highest BCUT2D eigenvalue weighted by molar-refractivity contribution is 5.45. The molecule has 0 unspecified atom stereocenters. The molecule has 1 heterocycles. The van der Waals surface area contributed by atoms with Gasteiger partial charge in [0.1, 0.15) is 0 Å². The SMILES string of the molecule is CO[C]1C2=C(C=CCC2)C=CN1OC. The molecule has 0 saturated heterocycles. The Morgan fingerprint density at radius 2 is 2.14 bits per heavy atom. The zero-order valence-corrected chi connectivity index (χ0v) is 8.49. The molecule has 0 aromatic heterocycles. The normalized spacial score (nSPS) is 21.7. The van der Waals surface area contributed by atoms with Crippen LogP contribution in [0.25, 0.3) is 0 Å². The van der Waals surface area contributed by atoms with Crippen LogP contribution in [0, 0.1) is 6.23 Å².